The Balaban J connectivity index is 1.96. The van der Waals surface area contributed by atoms with Crippen molar-refractivity contribution in [3.63, 3.8) is 0 Å². The van der Waals surface area contributed by atoms with Crippen LogP contribution in [-0.4, -0.2) is 33.9 Å². The van der Waals surface area contributed by atoms with E-state index in [1.54, 1.807) is 0 Å². The molecular weight excluding hydrogens is 333 g/mol. The summed E-state index contributed by atoms with van der Waals surface area (Å²) in [4.78, 5) is 11.6. The van der Waals surface area contributed by atoms with E-state index in [4.69, 9.17) is 0 Å². The van der Waals surface area contributed by atoms with E-state index in [9.17, 15) is 22.2 Å². The Morgan fingerprint density at radius 2 is 1.65 bits per heavy atom. The Labute approximate surface area is 133 Å². The van der Waals surface area contributed by atoms with Crippen LogP contribution in [-0.2, 0) is 10.8 Å². The minimum absolute atomic E-state index is 0.0346. The summed E-state index contributed by atoms with van der Waals surface area (Å²) in [6.07, 6.45) is 0. The summed E-state index contributed by atoms with van der Waals surface area (Å²) in [6.45, 7) is 3.81. The number of carbonyl (C=O) groups excluding carboxylic acids is 1. The second-order valence-corrected chi connectivity index (χ2v) is 6.70. The fourth-order valence-electron chi connectivity index (χ4n) is 2.24. The van der Waals surface area contributed by atoms with E-state index in [0.29, 0.717) is 5.69 Å². The molecule has 0 bridgehead atoms. The molecule has 128 valence electrons. The van der Waals surface area contributed by atoms with Gasteiger partial charge >= 0.3 is 11.5 Å². The van der Waals surface area contributed by atoms with E-state index >= 15 is 0 Å². The number of rotatable bonds is 3. The molecule has 1 aromatic carbocycles. The maximum atomic E-state index is 12.4. The number of urea groups is 1. The molecule has 0 aromatic heterocycles. The molecule has 3 unspecified atom stereocenters. The second-order valence-electron chi connectivity index (χ2n) is 5.23. The number of nitrogens with one attached hydrogen (secondary N) is 4. The highest BCUT2D eigenvalue weighted by Gasteiger charge is 2.37. The number of hydrazine groups is 1. The van der Waals surface area contributed by atoms with Crippen molar-refractivity contribution >= 4 is 22.5 Å². The molecule has 1 aliphatic rings. The summed E-state index contributed by atoms with van der Waals surface area (Å²) in [5.41, 5.74) is 1.48. The van der Waals surface area contributed by atoms with Crippen molar-refractivity contribution in [3.8, 4) is 0 Å². The molecule has 6 nitrogen and oxygen atoms in total. The smallest absolute Gasteiger partial charge is 0.332 e. The van der Waals surface area contributed by atoms with Gasteiger partial charge in [0, 0.05) is 22.7 Å². The third kappa shape index (κ3) is 4.43. The van der Waals surface area contributed by atoms with Crippen LogP contribution in [0.3, 0.4) is 0 Å². The molecule has 10 heteroatoms. The number of halogens is 3. The van der Waals surface area contributed by atoms with Crippen LogP contribution in [0.5, 0.6) is 0 Å². The van der Waals surface area contributed by atoms with Gasteiger partial charge in [-0.3, -0.25) is 10.9 Å². The first kappa shape index (κ1) is 17.7. The average molecular weight is 350 g/mol. The highest BCUT2D eigenvalue weighted by molar-refractivity contribution is 7.86. The molecule has 1 aromatic rings. The summed E-state index contributed by atoms with van der Waals surface area (Å²) in [7, 11) is -3.08. The van der Waals surface area contributed by atoms with Gasteiger partial charge in [-0.1, -0.05) is 0 Å². The van der Waals surface area contributed by atoms with Crippen LogP contribution in [0.2, 0.25) is 0 Å². The van der Waals surface area contributed by atoms with Crippen molar-refractivity contribution in [1.29, 1.82) is 0 Å². The number of alkyl halides is 3. The van der Waals surface area contributed by atoms with E-state index in [1.807, 2.05) is 13.8 Å². The highest BCUT2D eigenvalue weighted by atomic mass is 32.2. The number of carbonyl (C=O) groups is 1. The lowest BCUT2D eigenvalue weighted by Gasteiger charge is -2.20. The molecule has 1 saturated heterocycles. The van der Waals surface area contributed by atoms with Crippen molar-refractivity contribution in [2.45, 2.75) is 42.4 Å². The summed E-state index contributed by atoms with van der Waals surface area (Å²) in [6, 6.07) is 4.16. The van der Waals surface area contributed by atoms with Gasteiger partial charge in [0.05, 0.1) is 6.04 Å². The van der Waals surface area contributed by atoms with Gasteiger partial charge < -0.3 is 10.6 Å². The van der Waals surface area contributed by atoms with Crippen molar-refractivity contribution in [1.82, 2.24) is 16.2 Å². The quantitative estimate of drug-likeness (QED) is 0.669. The number of anilines is 1. The summed E-state index contributed by atoms with van der Waals surface area (Å²) in [5.74, 6) is 0. The molecule has 0 radical (unpaired) electrons. The minimum atomic E-state index is -4.80. The topological polar surface area (TPSA) is 82.3 Å². The van der Waals surface area contributed by atoms with Gasteiger partial charge in [0.2, 0.25) is 0 Å². The highest BCUT2D eigenvalue weighted by Crippen LogP contribution is 2.26. The fourth-order valence-corrected chi connectivity index (χ4v) is 2.89. The van der Waals surface area contributed by atoms with Gasteiger partial charge in [0.15, 0.2) is 10.8 Å². The normalized spacial score (nSPS) is 25.9. The molecular formula is C13H17F3N4O2S. The number of amides is 2. The Hall–Kier alpha value is -1.65. The zero-order chi connectivity index (χ0) is 17.2. The number of hydrogen-bond acceptors (Lipinski definition) is 4. The Morgan fingerprint density at radius 1 is 1.13 bits per heavy atom. The Bertz CT molecular complexity index is 584. The lowest BCUT2D eigenvalue weighted by atomic mass is 10.1. The predicted octanol–water partition coefficient (Wildman–Crippen LogP) is 1.69. The molecule has 2 rings (SSSR count). The lowest BCUT2D eigenvalue weighted by Crippen LogP contribution is -2.47. The van der Waals surface area contributed by atoms with Crippen LogP contribution in [0.1, 0.15) is 13.8 Å². The first-order valence-corrected chi connectivity index (χ1v) is 8.00. The third-order valence-corrected chi connectivity index (χ3v) is 4.57. The van der Waals surface area contributed by atoms with E-state index in [0.717, 1.165) is 12.1 Å². The predicted molar refractivity (Wildman–Crippen MR) is 80.0 cm³/mol. The Morgan fingerprint density at radius 3 is 2.13 bits per heavy atom. The summed E-state index contributed by atoms with van der Waals surface area (Å²) >= 11 is 0. The lowest BCUT2D eigenvalue weighted by molar-refractivity contribution is -0.0384. The molecule has 3 atom stereocenters. The standard InChI is InChI=1S/C13H17F3N4O2S/c1-7-11(8(2)20-19-7)18-12(21)17-9-3-5-10(6-4-9)23(22)13(14,15)16/h3-8,11,19-20H,1-2H3,(H2,17,18,21). The van der Waals surface area contributed by atoms with Crippen LogP contribution in [0, 0.1) is 0 Å². The maximum absolute atomic E-state index is 12.4. The van der Waals surface area contributed by atoms with E-state index in [1.165, 1.54) is 12.1 Å². The molecule has 0 aliphatic carbocycles. The van der Waals surface area contributed by atoms with Gasteiger partial charge in [0.25, 0.3) is 0 Å². The molecule has 23 heavy (non-hydrogen) atoms. The zero-order valence-electron chi connectivity index (χ0n) is 12.4. The van der Waals surface area contributed by atoms with Gasteiger partial charge in [0.1, 0.15) is 0 Å². The van der Waals surface area contributed by atoms with Crippen molar-refractivity contribution < 1.29 is 22.2 Å². The van der Waals surface area contributed by atoms with Crippen molar-refractivity contribution in [2.24, 2.45) is 0 Å². The van der Waals surface area contributed by atoms with Crippen LogP contribution in [0.25, 0.3) is 0 Å². The van der Waals surface area contributed by atoms with Gasteiger partial charge in [-0.15, -0.1) is 0 Å². The minimum Gasteiger partial charge on any atom is -0.332 e. The van der Waals surface area contributed by atoms with Crippen LogP contribution >= 0.6 is 0 Å². The molecule has 0 spiro atoms. The largest absolute Gasteiger partial charge is 0.475 e. The molecule has 1 fully saturated rings. The van der Waals surface area contributed by atoms with Crippen LogP contribution < -0.4 is 21.5 Å². The molecule has 4 N–H and O–H groups in total. The second kappa shape index (κ2) is 6.85. The van der Waals surface area contributed by atoms with Gasteiger partial charge in [-0.2, -0.15) is 13.2 Å². The monoisotopic (exact) mass is 350 g/mol. The molecule has 2 amide bonds. The van der Waals surface area contributed by atoms with Crippen molar-refractivity contribution in [3.05, 3.63) is 24.3 Å². The van der Waals surface area contributed by atoms with E-state index in [2.05, 4.69) is 21.5 Å². The molecule has 1 heterocycles. The first-order valence-electron chi connectivity index (χ1n) is 6.85. The third-order valence-electron chi connectivity index (χ3n) is 3.45. The van der Waals surface area contributed by atoms with Crippen molar-refractivity contribution in [2.75, 3.05) is 5.32 Å². The van der Waals surface area contributed by atoms with E-state index < -0.39 is 22.3 Å². The average Bonchev–Trinajstić information content (AvgIpc) is 2.78. The van der Waals surface area contributed by atoms with Crippen LogP contribution in [0.15, 0.2) is 29.2 Å². The molecule has 0 saturated carbocycles. The first-order chi connectivity index (χ1) is 10.7. The Kier molecular flexibility index (Phi) is 5.27. The maximum Gasteiger partial charge on any atom is 0.475 e. The van der Waals surface area contributed by atoms with Crippen LogP contribution in [0.4, 0.5) is 23.7 Å². The van der Waals surface area contributed by atoms with E-state index in [-0.39, 0.29) is 23.0 Å². The SMILES string of the molecule is CC1NNC(C)C1NC(=O)Nc1ccc(S(=O)C(F)(F)F)cc1. The summed E-state index contributed by atoms with van der Waals surface area (Å²) in [5, 5.41) is 5.30. The fraction of sp³-hybridized carbons (Fsp3) is 0.462. The zero-order valence-corrected chi connectivity index (χ0v) is 13.2. The van der Waals surface area contributed by atoms with Gasteiger partial charge in [-0.05, 0) is 38.1 Å². The number of hydrogen-bond donors (Lipinski definition) is 4. The number of benzene rings is 1. The van der Waals surface area contributed by atoms with Gasteiger partial charge in [-0.25, -0.2) is 9.00 Å². The summed E-state index contributed by atoms with van der Waals surface area (Å²) < 4.78 is 48.2. The molecule has 1 aliphatic heterocycles.